The van der Waals surface area contributed by atoms with Crippen LogP contribution < -0.4 is 15.2 Å². The molecule has 1 saturated carbocycles. The average Bonchev–Trinajstić information content (AvgIpc) is 2.30. The minimum absolute atomic E-state index is 0.0728. The van der Waals surface area contributed by atoms with E-state index in [4.69, 9.17) is 15.2 Å². The van der Waals surface area contributed by atoms with E-state index in [0.717, 1.165) is 28.8 Å². The smallest absolute Gasteiger partial charge is 0.175 e. The van der Waals surface area contributed by atoms with Crippen molar-refractivity contribution in [2.45, 2.75) is 31.6 Å². The van der Waals surface area contributed by atoms with Crippen LogP contribution in [0.5, 0.6) is 11.5 Å². The Labute approximate surface area is 117 Å². The lowest BCUT2D eigenvalue weighted by atomic mass is 9.63. The normalized spacial score (nSPS) is 17.2. The number of benzene rings is 1. The number of aryl methyl sites for hydroxylation is 1. The van der Waals surface area contributed by atoms with Crippen molar-refractivity contribution in [1.29, 1.82) is 0 Å². The predicted octanol–water partition coefficient (Wildman–Crippen LogP) is 3.16. The first-order valence-electron chi connectivity index (χ1n) is 6.21. The van der Waals surface area contributed by atoms with Gasteiger partial charge in [0.05, 0.1) is 18.7 Å². The van der Waals surface area contributed by atoms with Gasteiger partial charge in [0, 0.05) is 17.5 Å². The molecular formula is C14H20BrNO2. The molecule has 2 rings (SSSR count). The summed E-state index contributed by atoms with van der Waals surface area (Å²) in [5, 5.41) is 0. The molecule has 0 radical (unpaired) electrons. The van der Waals surface area contributed by atoms with E-state index >= 15 is 0 Å². The first-order chi connectivity index (χ1) is 8.59. The molecule has 18 heavy (non-hydrogen) atoms. The summed E-state index contributed by atoms with van der Waals surface area (Å²) in [6, 6.07) is 2.09. The Hall–Kier alpha value is -0.740. The van der Waals surface area contributed by atoms with Crippen molar-refractivity contribution >= 4 is 15.9 Å². The largest absolute Gasteiger partial charge is 0.492 e. The Kier molecular flexibility index (Phi) is 3.87. The van der Waals surface area contributed by atoms with Crippen LogP contribution in [0.3, 0.4) is 0 Å². The van der Waals surface area contributed by atoms with Gasteiger partial charge in [-0.3, -0.25) is 0 Å². The SMILES string of the molecule is COc1c(Br)cc(C)c(C2(CN)CCC2)c1OC. The highest BCUT2D eigenvalue weighted by Crippen LogP contribution is 2.52. The number of hydrogen-bond donors (Lipinski definition) is 1. The van der Waals surface area contributed by atoms with Crippen molar-refractivity contribution in [3.05, 3.63) is 21.7 Å². The van der Waals surface area contributed by atoms with Crippen LogP contribution in [-0.2, 0) is 5.41 Å². The van der Waals surface area contributed by atoms with Crippen LogP contribution in [0.25, 0.3) is 0 Å². The molecular weight excluding hydrogens is 294 g/mol. The van der Waals surface area contributed by atoms with E-state index in [1.165, 1.54) is 17.5 Å². The van der Waals surface area contributed by atoms with E-state index < -0.39 is 0 Å². The molecule has 1 fully saturated rings. The van der Waals surface area contributed by atoms with Crippen LogP contribution in [-0.4, -0.2) is 20.8 Å². The fourth-order valence-electron chi connectivity index (χ4n) is 2.93. The van der Waals surface area contributed by atoms with Gasteiger partial charge in [-0.15, -0.1) is 0 Å². The minimum Gasteiger partial charge on any atom is -0.492 e. The second kappa shape index (κ2) is 5.10. The van der Waals surface area contributed by atoms with Crippen molar-refractivity contribution in [3.8, 4) is 11.5 Å². The number of nitrogens with two attached hydrogens (primary N) is 1. The molecule has 4 heteroatoms. The van der Waals surface area contributed by atoms with E-state index in [2.05, 4.69) is 28.9 Å². The molecule has 3 nitrogen and oxygen atoms in total. The molecule has 2 N–H and O–H groups in total. The van der Waals surface area contributed by atoms with Crippen molar-refractivity contribution in [3.63, 3.8) is 0 Å². The number of ether oxygens (including phenoxy) is 2. The highest BCUT2D eigenvalue weighted by Gasteiger charge is 2.41. The summed E-state index contributed by atoms with van der Waals surface area (Å²) in [5.41, 5.74) is 8.52. The maximum Gasteiger partial charge on any atom is 0.175 e. The second-order valence-electron chi connectivity index (χ2n) is 4.95. The standard InChI is InChI=1S/C14H20BrNO2/c1-9-7-10(15)12(17-2)13(18-3)11(9)14(8-16)5-4-6-14/h7H,4-6,8,16H2,1-3H3. The second-order valence-corrected chi connectivity index (χ2v) is 5.81. The average molecular weight is 314 g/mol. The van der Waals surface area contributed by atoms with E-state index in [1.54, 1.807) is 14.2 Å². The third-order valence-corrected chi connectivity index (χ3v) is 4.62. The van der Waals surface area contributed by atoms with Gasteiger partial charge in [-0.2, -0.15) is 0 Å². The summed E-state index contributed by atoms with van der Waals surface area (Å²) in [6.45, 7) is 2.77. The lowest BCUT2D eigenvalue weighted by Gasteiger charge is -2.43. The lowest BCUT2D eigenvalue weighted by Crippen LogP contribution is -2.42. The fourth-order valence-corrected chi connectivity index (χ4v) is 3.62. The molecule has 0 aliphatic heterocycles. The molecule has 1 aliphatic carbocycles. The van der Waals surface area contributed by atoms with Crippen molar-refractivity contribution in [2.24, 2.45) is 5.73 Å². The Morgan fingerprint density at radius 2 is 1.89 bits per heavy atom. The predicted molar refractivity (Wildman–Crippen MR) is 76.6 cm³/mol. The van der Waals surface area contributed by atoms with Crippen molar-refractivity contribution in [2.75, 3.05) is 20.8 Å². The van der Waals surface area contributed by atoms with E-state index in [1.807, 2.05) is 0 Å². The van der Waals surface area contributed by atoms with Gasteiger partial charge in [0.1, 0.15) is 0 Å². The summed E-state index contributed by atoms with van der Waals surface area (Å²) in [6.07, 6.45) is 3.50. The molecule has 1 aliphatic rings. The molecule has 0 amide bonds. The van der Waals surface area contributed by atoms with Gasteiger partial charge < -0.3 is 15.2 Å². The molecule has 0 unspecified atom stereocenters. The summed E-state index contributed by atoms with van der Waals surface area (Å²) in [5.74, 6) is 1.59. The molecule has 1 aromatic rings. The number of methoxy groups -OCH3 is 2. The number of hydrogen-bond acceptors (Lipinski definition) is 3. The van der Waals surface area contributed by atoms with Crippen LogP contribution in [0.15, 0.2) is 10.5 Å². The van der Waals surface area contributed by atoms with Crippen molar-refractivity contribution < 1.29 is 9.47 Å². The van der Waals surface area contributed by atoms with Crippen LogP contribution in [0.2, 0.25) is 0 Å². The third kappa shape index (κ3) is 1.91. The number of rotatable bonds is 4. The Morgan fingerprint density at radius 3 is 2.28 bits per heavy atom. The van der Waals surface area contributed by atoms with Gasteiger partial charge in [-0.05, 0) is 47.3 Å². The quantitative estimate of drug-likeness (QED) is 0.928. The Morgan fingerprint density at radius 1 is 1.28 bits per heavy atom. The van der Waals surface area contributed by atoms with Crippen molar-refractivity contribution in [1.82, 2.24) is 0 Å². The molecule has 1 aromatic carbocycles. The zero-order valence-electron chi connectivity index (χ0n) is 11.2. The summed E-state index contributed by atoms with van der Waals surface area (Å²) in [7, 11) is 3.35. The summed E-state index contributed by atoms with van der Waals surface area (Å²) >= 11 is 3.53. The van der Waals surface area contributed by atoms with Gasteiger partial charge in [0.25, 0.3) is 0 Å². The topological polar surface area (TPSA) is 44.5 Å². The summed E-state index contributed by atoms with van der Waals surface area (Å²) < 4.78 is 12.0. The van der Waals surface area contributed by atoms with Crippen LogP contribution >= 0.6 is 15.9 Å². The van der Waals surface area contributed by atoms with Gasteiger partial charge in [0.15, 0.2) is 11.5 Å². The third-order valence-electron chi connectivity index (χ3n) is 4.03. The van der Waals surface area contributed by atoms with Gasteiger partial charge in [-0.1, -0.05) is 6.42 Å². The minimum atomic E-state index is 0.0728. The first kappa shape index (κ1) is 13.7. The van der Waals surface area contributed by atoms with Crippen LogP contribution in [0, 0.1) is 6.92 Å². The van der Waals surface area contributed by atoms with Crippen LogP contribution in [0.1, 0.15) is 30.4 Å². The monoisotopic (exact) mass is 313 g/mol. The molecule has 0 spiro atoms. The molecule has 0 aromatic heterocycles. The first-order valence-corrected chi connectivity index (χ1v) is 7.00. The maximum atomic E-state index is 6.01. The van der Waals surface area contributed by atoms with E-state index in [-0.39, 0.29) is 5.41 Å². The van der Waals surface area contributed by atoms with Gasteiger partial charge in [0.2, 0.25) is 0 Å². The molecule has 0 atom stereocenters. The molecule has 0 heterocycles. The Balaban J connectivity index is 2.65. The zero-order valence-corrected chi connectivity index (χ0v) is 12.8. The lowest BCUT2D eigenvalue weighted by molar-refractivity contribution is 0.238. The van der Waals surface area contributed by atoms with E-state index in [0.29, 0.717) is 6.54 Å². The van der Waals surface area contributed by atoms with E-state index in [9.17, 15) is 0 Å². The molecule has 0 saturated heterocycles. The summed E-state index contributed by atoms with van der Waals surface area (Å²) in [4.78, 5) is 0. The maximum absolute atomic E-state index is 6.01. The van der Waals surface area contributed by atoms with Gasteiger partial charge in [-0.25, -0.2) is 0 Å². The van der Waals surface area contributed by atoms with Crippen LogP contribution in [0.4, 0.5) is 0 Å². The van der Waals surface area contributed by atoms with Gasteiger partial charge >= 0.3 is 0 Å². The molecule has 100 valence electrons. The Bertz CT molecular complexity index is 450. The zero-order chi connectivity index (χ0) is 13.3. The fraction of sp³-hybridized carbons (Fsp3) is 0.571. The highest BCUT2D eigenvalue weighted by molar-refractivity contribution is 9.10. The molecule has 0 bridgehead atoms. The number of halogens is 1. The highest BCUT2D eigenvalue weighted by atomic mass is 79.9.